The van der Waals surface area contributed by atoms with Crippen LogP contribution in [0.5, 0.6) is 0 Å². The lowest BCUT2D eigenvalue weighted by molar-refractivity contribution is 0.192. The molecule has 0 aromatic rings. The van der Waals surface area contributed by atoms with Gasteiger partial charge in [0.2, 0.25) is 0 Å². The third-order valence-electron chi connectivity index (χ3n) is 4.00. The summed E-state index contributed by atoms with van der Waals surface area (Å²) >= 11 is 0. The van der Waals surface area contributed by atoms with E-state index in [0.717, 1.165) is 12.5 Å². The highest BCUT2D eigenvalue weighted by atomic mass is 15.2. The first-order valence-corrected chi connectivity index (χ1v) is 7.43. The molecule has 0 aromatic carbocycles. The van der Waals surface area contributed by atoms with Gasteiger partial charge >= 0.3 is 0 Å². The second-order valence-corrected chi connectivity index (χ2v) is 6.68. The van der Waals surface area contributed by atoms with E-state index in [1.165, 1.54) is 38.9 Å². The van der Waals surface area contributed by atoms with E-state index in [2.05, 4.69) is 44.8 Å². The average molecular weight is 240 g/mol. The Hall–Kier alpha value is -0.0800. The van der Waals surface area contributed by atoms with Crippen LogP contribution in [0.25, 0.3) is 0 Å². The van der Waals surface area contributed by atoms with Crippen LogP contribution >= 0.6 is 0 Å². The van der Waals surface area contributed by atoms with Crippen LogP contribution in [0.4, 0.5) is 0 Å². The molecule has 1 N–H and O–H groups in total. The summed E-state index contributed by atoms with van der Waals surface area (Å²) in [6.07, 6.45) is 4.17. The summed E-state index contributed by atoms with van der Waals surface area (Å²) in [4.78, 5) is 2.67. The molecule has 0 aromatic heterocycles. The molecule has 1 rings (SSSR count). The number of likely N-dealkylation sites (tertiary alicyclic amines) is 1. The molecular formula is C15H32N2. The Bertz CT molecular complexity index is 207. The standard InChI is InChI=1S/C15H32N2/c1-6-8-13-9-10-17(11-13)12-14(16-7-2)15(3,4)5/h13-14,16H,6-12H2,1-5H3. The van der Waals surface area contributed by atoms with Gasteiger partial charge in [0.05, 0.1) is 0 Å². The van der Waals surface area contributed by atoms with Gasteiger partial charge in [-0.1, -0.05) is 41.0 Å². The Kier molecular flexibility index (Phi) is 5.94. The maximum atomic E-state index is 3.65. The molecule has 1 aliphatic heterocycles. The SMILES string of the molecule is CCCC1CCN(CC(NCC)C(C)(C)C)C1. The molecule has 1 fully saturated rings. The number of rotatable bonds is 6. The van der Waals surface area contributed by atoms with Crippen molar-refractivity contribution in [2.45, 2.75) is 59.9 Å². The van der Waals surface area contributed by atoms with E-state index >= 15 is 0 Å². The quantitative estimate of drug-likeness (QED) is 0.767. The Labute approximate surface area is 108 Å². The van der Waals surface area contributed by atoms with Crippen LogP contribution in [-0.2, 0) is 0 Å². The van der Waals surface area contributed by atoms with E-state index in [1.54, 1.807) is 0 Å². The lowest BCUT2D eigenvalue weighted by Crippen LogP contribution is -2.48. The van der Waals surface area contributed by atoms with Crippen LogP contribution in [0.1, 0.15) is 53.9 Å². The van der Waals surface area contributed by atoms with Gasteiger partial charge in [0, 0.05) is 19.1 Å². The number of nitrogens with zero attached hydrogens (tertiary/aromatic N) is 1. The summed E-state index contributed by atoms with van der Waals surface area (Å²) in [5.41, 5.74) is 0.360. The zero-order chi connectivity index (χ0) is 12.9. The monoisotopic (exact) mass is 240 g/mol. The zero-order valence-electron chi connectivity index (χ0n) is 12.6. The minimum Gasteiger partial charge on any atom is -0.312 e. The van der Waals surface area contributed by atoms with Crippen LogP contribution in [0.3, 0.4) is 0 Å². The fourth-order valence-corrected chi connectivity index (χ4v) is 2.87. The van der Waals surface area contributed by atoms with Gasteiger partial charge in [0.25, 0.3) is 0 Å². The van der Waals surface area contributed by atoms with Gasteiger partial charge in [-0.15, -0.1) is 0 Å². The summed E-state index contributed by atoms with van der Waals surface area (Å²) in [6, 6.07) is 0.618. The Balaban J connectivity index is 2.41. The molecule has 0 amide bonds. The van der Waals surface area contributed by atoms with Gasteiger partial charge in [0.15, 0.2) is 0 Å². The van der Waals surface area contributed by atoms with Gasteiger partial charge < -0.3 is 10.2 Å². The predicted molar refractivity (Wildman–Crippen MR) is 76.4 cm³/mol. The maximum Gasteiger partial charge on any atom is 0.0243 e. The van der Waals surface area contributed by atoms with E-state index in [1.807, 2.05) is 0 Å². The fraction of sp³-hybridized carbons (Fsp3) is 1.00. The summed E-state index contributed by atoms with van der Waals surface area (Å²) in [7, 11) is 0. The van der Waals surface area contributed by atoms with Gasteiger partial charge in [-0.05, 0) is 37.3 Å². The minimum absolute atomic E-state index is 0.360. The van der Waals surface area contributed by atoms with Crippen LogP contribution in [0, 0.1) is 11.3 Å². The second-order valence-electron chi connectivity index (χ2n) is 6.68. The number of hydrogen-bond acceptors (Lipinski definition) is 2. The summed E-state index contributed by atoms with van der Waals surface area (Å²) in [5, 5.41) is 3.65. The third-order valence-corrected chi connectivity index (χ3v) is 4.00. The Morgan fingerprint density at radius 3 is 2.53 bits per heavy atom. The molecule has 1 aliphatic rings. The highest BCUT2D eigenvalue weighted by molar-refractivity contribution is 4.86. The molecule has 1 saturated heterocycles. The molecule has 2 atom stereocenters. The highest BCUT2D eigenvalue weighted by Crippen LogP contribution is 2.25. The predicted octanol–water partition coefficient (Wildman–Crippen LogP) is 3.13. The second kappa shape index (κ2) is 6.75. The van der Waals surface area contributed by atoms with Crippen molar-refractivity contribution in [3.8, 4) is 0 Å². The Morgan fingerprint density at radius 1 is 1.29 bits per heavy atom. The normalized spacial score (nSPS) is 24.2. The van der Waals surface area contributed by atoms with Crippen LogP contribution in [0.2, 0.25) is 0 Å². The van der Waals surface area contributed by atoms with E-state index in [4.69, 9.17) is 0 Å². The smallest absolute Gasteiger partial charge is 0.0243 e. The number of nitrogens with one attached hydrogen (secondary N) is 1. The maximum absolute atomic E-state index is 3.65. The number of hydrogen-bond donors (Lipinski definition) is 1. The molecule has 0 radical (unpaired) electrons. The first-order valence-electron chi connectivity index (χ1n) is 7.43. The molecule has 0 spiro atoms. The largest absolute Gasteiger partial charge is 0.312 e. The summed E-state index contributed by atoms with van der Waals surface area (Å²) in [6.45, 7) is 16.5. The average Bonchev–Trinajstić information content (AvgIpc) is 2.64. The zero-order valence-corrected chi connectivity index (χ0v) is 12.6. The van der Waals surface area contributed by atoms with Gasteiger partial charge in [-0.25, -0.2) is 0 Å². The molecule has 102 valence electrons. The first-order chi connectivity index (χ1) is 7.97. The first kappa shape index (κ1) is 15.0. The summed E-state index contributed by atoms with van der Waals surface area (Å²) < 4.78 is 0. The summed E-state index contributed by atoms with van der Waals surface area (Å²) in [5.74, 6) is 0.960. The van der Waals surface area contributed by atoms with Gasteiger partial charge in [0.1, 0.15) is 0 Å². The number of likely N-dealkylation sites (N-methyl/N-ethyl adjacent to an activating group) is 1. The van der Waals surface area contributed by atoms with Crippen molar-refractivity contribution < 1.29 is 0 Å². The van der Waals surface area contributed by atoms with E-state index in [9.17, 15) is 0 Å². The molecule has 2 heteroatoms. The van der Waals surface area contributed by atoms with Gasteiger partial charge in [-0.3, -0.25) is 0 Å². The molecule has 17 heavy (non-hydrogen) atoms. The van der Waals surface area contributed by atoms with Crippen molar-refractivity contribution in [1.82, 2.24) is 10.2 Å². The molecule has 2 nitrogen and oxygen atoms in total. The van der Waals surface area contributed by atoms with Crippen molar-refractivity contribution in [1.29, 1.82) is 0 Å². The minimum atomic E-state index is 0.360. The van der Waals surface area contributed by atoms with Gasteiger partial charge in [-0.2, -0.15) is 0 Å². The highest BCUT2D eigenvalue weighted by Gasteiger charge is 2.29. The van der Waals surface area contributed by atoms with Crippen LogP contribution in [-0.4, -0.2) is 37.1 Å². The molecule has 1 heterocycles. The topological polar surface area (TPSA) is 15.3 Å². The molecule has 0 saturated carbocycles. The van der Waals surface area contributed by atoms with Crippen molar-refractivity contribution in [3.05, 3.63) is 0 Å². The fourth-order valence-electron chi connectivity index (χ4n) is 2.87. The van der Waals surface area contributed by atoms with Crippen molar-refractivity contribution in [3.63, 3.8) is 0 Å². The van der Waals surface area contributed by atoms with E-state index in [0.29, 0.717) is 11.5 Å². The molecule has 0 aliphatic carbocycles. The lowest BCUT2D eigenvalue weighted by atomic mass is 9.86. The lowest BCUT2D eigenvalue weighted by Gasteiger charge is -2.34. The van der Waals surface area contributed by atoms with Crippen LogP contribution < -0.4 is 5.32 Å². The van der Waals surface area contributed by atoms with Crippen LogP contribution in [0.15, 0.2) is 0 Å². The molecule has 0 bridgehead atoms. The van der Waals surface area contributed by atoms with Crippen molar-refractivity contribution in [2.75, 3.05) is 26.2 Å². The van der Waals surface area contributed by atoms with Crippen molar-refractivity contribution >= 4 is 0 Å². The Morgan fingerprint density at radius 2 is 2.00 bits per heavy atom. The van der Waals surface area contributed by atoms with Crippen molar-refractivity contribution in [2.24, 2.45) is 11.3 Å². The molecule has 2 unspecified atom stereocenters. The molecular weight excluding hydrogens is 208 g/mol. The third kappa shape index (κ3) is 4.97. The van der Waals surface area contributed by atoms with E-state index < -0.39 is 0 Å². The van der Waals surface area contributed by atoms with E-state index in [-0.39, 0.29) is 0 Å².